The van der Waals surface area contributed by atoms with Crippen LogP contribution in [0.5, 0.6) is 0 Å². The van der Waals surface area contributed by atoms with Crippen molar-refractivity contribution in [2.45, 2.75) is 59.2 Å². The minimum Gasteiger partial charge on any atom is -0.463 e. The number of halogens is 3. The second-order valence-electron chi connectivity index (χ2n) is 9.07. The van der Waals surface area contributed by atoms with Gasteiger partial charge in [0.2, 0.25) is 5.91 Å². The molecule has 0 aromatic heterocycles. The van der Waals surface area contributed by atoms with E-state index in [1.165, 1.54) is 6.92 Å². The smallest absolute Gasteiger partial charge is 0.434 e. The molecule has 1 aromatic carbocycles. The number of amides is 1. The normalized spacial score (nSPS) is 18.0. The number of esters is 1. The molecule has 0 bridgehead atoms. The molecule has 190 valence electrons. The van der Waals surface area contributed by atoms with Crippen molar-refractivity contribution >= 4 is 28.8 Å². The third-order valence-electron chi connectivity index (χ3n) is 5.54. The summed E-state index contributed by atoms with van der Waals surface area (Å²) in [5.74, 6) is -0.872. The summed E-state index contributed by atoms with van der Waals surface area (Å²) >= 11 is 1.00. The lowest BCUT2D eigenvalue weighted by molar-refractivity contribution is -0.140. The average molecular weight is 510 g/mol. The van der Waals surface area contributed by atoms with Gasteiger partial charge in [0.1, 0.15) is 0 Å². The molecule has 10 heteroatoms. The van der Waals surface area contributed by atoms with Crippen molar-refractivity contribution in [3.8, 4) is 0 Å². The van der Waals surface area contributed by atoms with Gasteiger partial charge in [-0.15, -0.1) is 0 Å². The number of thioether (sulfide) groups is 1. The van der Waals surface area contributed by atoms with E-state index in [1.54, 1.807) is 22.4 Å². The van der Waals surface area contributed by atoms with Crippen molar-refractivity contribution in [2.75, 3.05) is 13.2 Å². The Morgan fingerprint density at radius 1 is 1.17 bits per heavy atom. The summed E-state index contributed by atoms with van der Waals surface area (Å²) in [6, 6.07) is 5.97. The average Bonchev–Trinajstić information content (AvgIpc) is 3.18. The van der Waals surface area contributed by atoms with Crippen molar-refractivity contribution in [3.05, 3.63) is 57.8 Å². The molecular weight excluding hydrogens is 479 g/mol. The predicted octanol–water partition coefficient (Wildman–Crippen LogP) is 5.65. The van der Waals surface area contributed by atoms with Crippen LogP contribution >= 0.6 is 11.8 Å². The fourth-order valence-electron chi connectivity index (χ4n) is 3.81. The maximum atomic E-state index is 14.1. The lowest BCUT2D eigenvalue weighted by atomic mass is 9.91. The van der Waals surface area contributed by atoms with Gasteiger partial charge in [-0.2, -0.15) is 13.2 Å². The minimum absolute atomic E-state index is 0.0588. The number of allylic oxidation sites excluding steroid dienone is 1. The molecule has 2 aliphatic heterocycles. The molecule has 1 aromatic rings. The standard InChI is InChI=1S/C25H30F3N3O3S/c1-6-34-23(33)20-21(17-9-7-16(8-10-17)15(4)5)31-18(11-19(32)29-12-14(2)3)13-35-24(31)30-22(20)25(26,27)28/h7-10,13-15,21H,6,11-12H2,1-5H3,(H,29,32). The Labute approximate surface area is 207 Å². The Hall–Kier alpha value is -2.75. The summed E-state index contributed by atoms with van der Waals surface area (Å²) in [5.41, 5.74) is 0.0947. The molecule has 1 N–H and O–H groups in total. The molecule has 0 aliphatic carbocycles. The maximum absolute atomic E-state index is 14.1. The maximum Gasteiger partial charge on any atom is 0.434 e. The zero-order chi connectivity index (χ0) is 25.9. The van der Waals surface area contributed by atoms with Crippen LogP contribution in [0.2, 0.25) is 0 Å². The monoisotopic (exact) mass is 509 g/mol. The topological polar surface area (TPSA) is 71.0 Å². The molecule has 3 rings (SSSR count). The van der Waals surface area contributed by atoms with Gasteiger partial charge in [0.15, 0.2) is 10.9 Å². The first-order valence-corrected chi connectivity index (χ1v) is 12.4. The number of carbonyl (C=O) groups is 2. The number of rotatable bonds is 8. The van der Waals surface area contributed by atoms with Crippen LogP contribution in [0.4, 0.5) is 13.2 Å². The lowest BCUT2D eigenvalue weighted by Crippen LogP contribution is -2.40. The largest absolute Gasteiger partial charge is 0.463 e. The predicted molar refractivity (Wildman–Crippen MR) is 130 cm³/mol. The Morgan fingerprint density at radius 2 is 1.83 bits per heavy atom. The highest BCUT2D eigenvalue weighted by Crippen LogP contribution is 2.48. The number of nitrogens with one attached hydrogen (secondary N) is 1. The van der Waals surface area contributed by atoms with E-state index < -0.39 is 29.5 Å². The number of amidine groups is 1. The van der Waals surface area contributed by atoms with Crippen LogP contribution in [0.3, 0.4) is 0 Å². The molecular formula is C25H30F3N3O3S. The first-order chi connectivity index (χ1) is 16.4. The van der Waals surface area contributed by atoms with Crippen LogP contribution in [-0.4, -0.2) is 41.3 Å². The van der Waals surface area contributed by atoms with Gasteiger partial charge in [0.25, 0.3) is 0 Å². The molecule has 0 radical (unpaired) electrons. The molecule has 0 spiro atoms. The van der Waals surface area contributed by atoms with Gasteiger partial charge in [-0.25, -0.2) is 9.79 Å². The summed E-state index contributed by atoms with van der Waals surface area (Å²) < 4.78 is 47.4. The number of fused-ring (bicyclic) bond motifs is 1. The van der Waals surface area contributed by atoms with E-state index >= 15 is 0 Å². The Balaban J connectivity index is 2.11. The Kier molecular flexibility index (Phi) is 8.35. The van der Waals surface area contributed by atoms with Gasteiger partial charge in [-0.3, -0.25) is 4.79 Å². The van der Waals surface area contributed by atoms with Gasteiger partial charge in [0, 0.05) is 12.2 Å². The number of benzene rings is 1. The van der Waals surface area contributed by atoms with E-state index in [-0.39, 0.29) is 35.9 Å². The molecule has 1 atom stereocenters. The molecule has 2 heterocycles. The van der Waals surface area contributed by atoms with Gasteiger partial charge < -0.3 is 15.0 Å². The SMILES string of the molecule is CCOC(=O)C1=C(C(F)(F)F)N=C2SC=C(CC(=O)NCC(C)C)N2C1c1ccc(C(C)C)cc1. The lowest BCUT2D eigenvalue weighted by Gasteiger charge is -2.37. The summed E-state index contributed by atoms with van der Waals surface area (Å²) in [6.45, 7) is 9.88. The minimum atomic E-state index is -4.87. The van der Waals surface area contributed by atoms with Crippen LogP contribution in [0.1, 0.15) is 64.1 Å². The van der Waals surface area contributed by atoms with Crippen molar-refractivity contribution in [2.24, 2.45) is 10.9 Å². The van der Waals surface area contributed by atoms with Crippen LogP contribution in [0.25, 0.3) is 0 Å². The molecule has 0 saturated carbocycles. The first kappa shape index (κ1) is 26.8. The van der Waals surface area contributed by atoms with E-state index in [1.807, 2.05) is 39.8 Å². The molecule has 35 heavy (non-hydrogen) atoms. The van der Waals surface area contributed by atoms with E-state index in [4.69, 9.17) is 4.74 Å². The zero-order valence-corrected chi connectivity index (χ0v) is 21.2. The van der Waals surface area contributed by atoms with Gasteiger partial charge in [0.05, 0.1) is 24.6 Å². The van der Waals surface area contributed by atoms with Crippen LogP contribution in [-0.2, 0) is 14.3 Å². The molecule has 6 nitrogen and oxygen atoms in total. The molecule has 0 fully saturated rings. The van der Waals surface area contributed by atoms with Crippen LogP contribution in [0, 0.1) is 5.92 Å². The fourth-order valence-corrected chi connectivity index (χ4v) is 4.73. The number of carbonyl (C=O) groups excluding carboxylic acids is 2. The number of hydrogen-bond donors (Lipinski definition) is 1. The second-order valence-corrected chi connectivity index (χ2v) is 9.91. The molecule has 1 unspecified atom stereocenters. The quantitative estimate of drug-likeness (QED) is 0.459. The van der Waals surface area contributed by atoms with E-state index in [0.29, 0.717) is 17.8 Å². The highest BCUT2D eigenvalue weighted by atomic mass is 32.2. The summed E-state index contributed by atoms with van der Waals surface area (Å²) in [7, 11) is 0. The summed E-state index contributed by atoms with van der Waals surface area (Å²) in [5, 5.41) is 4.51. The number of nitrogens with zero attached hydrogens (tertiary/aromatic N) is 2. The van der Waals surface area contributed by atoms with Gasteiger partial charge >= 0.3 is 12.1 Å². The van der Waals surface area contributed by atoms with Crippen molar-refractivity contribution in [1.29, 1.82) is 0 Å². The fraction of sp³-hybridized carbons (Fsp3) is 0.480. The van der Waals surface area contributed by atoms with Crippen molar-refractivity contribution < 1.29 is 27.5 Å². The second kappa shape index (κ2) is 10.9. The highest BCUT2D eigenvalue weighted by Gasteiger charge is 2.49. The van der Waals surface area contributed by atoms with Gasteiger partial charge in [-0.05, 0) is 35.3 Å². The molecule has 0 saturated heterocycles. The Bertz CT molecular complexity index is 1060. The van der Waals surface area contributed by atoms with Crippen molar-refractivity contribution in [3.63, 3.8) is 0 Å². The number of ether oxygens (including phenoxy) is 1. The third-order valence-corrected chi connectivity index (χ3v) is 6.43. The summed E-state index contributed by atoms with van der Waals surface area (Å²) in [6.07, 6.45) is -4.92. The van der Waals surface area contributed by atoms with E-state index in [9.17, 15) is 22.8 Å². The van der Waals surface area contributed by atoms with Crippen LogP contribution in [0.15, 0.2) is 51.6 Å². The number of alkyl halides is 3. The first-order valence-electron chi connectivity index (χ1n) is 11.5. The van der Waals surface area contributed by atoms with E-state index in [0.717, 1.165) is 17.3 Å². The number of aliphatic imine (C=N–C) groups is 1. The van der Waals surface area contributed by atoms with Crippen LogP contribution < -0.4 is 5.32 Å². The molecule has 1 amide bonds. The van der Waals surface area contributed by atoms with E-state index in [2.05, 4.69) is 10.3 Å². The van der Waals surface area contributed by atoms with Gasteiger partial charge in [-0.1, -0.05) is 63.7 Å². The highest BCUT2D eigenvalue weighted by molar-refractivity contribution is 8.16. The summed E-state index contributed by atoms with van der Waals surface area (Å²) in [4.78, 5) is 30.9. The molecule has 2 aliphatic rings. The third kappa shape index (κ3) is 6.09. The zero-order valence-electron chi connectivity index (χ0n) is 20.4. The number of hydrogen-bond acceptors (Lipinski definition) is 6. The van der Waals surface area contributed by atoms with Crippen molar-refractivity contribution in [1.82, 2.24) is 10.2 Å². The Morgan fingerprint density at radius 3 is 2.37 bits per heavy atom.